The second kappa shape index (κ2) is 7.42. The molecule has 0 fully saturated rings. The van der Waals surface area contributed by atoms with Crippen molar-refractivity contribution in [1.82, 2.24) is 5.32 Å². The summed E-state index contributed by atoms with van der Waals surface area (Å²) in [4.78, 5) is 34.8. The Labute approximate surface area is 123 Å². The van der Waals surface area contributed by atoms with Crippen LogP contribution in [0.2, 0.25) is 0 Å². The number of hydrogen-bond acceptors (Lipinski definition) is 4. The van der Waals surface area contributed by atoms with Crippen molar-refractivity contribution < 1.29 is 19.1 Å². The van der Waals surface area contributed by atoms with Crippen molar-refractivity contribution in [2.45, 2.75) is 26.8 Å². The molecule has 1 rings (SSSR count). The minimum Gasteiger partial charge on any atom is -0.454 e. The maximum absolute atomic E-state index is 12.2. The number of nitrogens with two attached hydrogens (primary N) is 1. The second-order valence-electron chi connectivity index (χ2n) is 5.08. The van der Waals surface area contributed by atoms with Crippen molar-refractivity contribution >= 4 is 17.8 Å². The number of hydrogen-bond donors (Lipinski definition) is 2. The highest BCUT2D eigenvalue weighted by atomic mass is 16.5. The van der Waals surface area contributed by atoms with Gasteiger partial charge in [-0.15, -0.1) is 0 Å². The number of primary amides is 1. The van der Waals surface area contributed by atoms with E-state index >= 15 is 0 Å². The zero-order chi connectivity index (χ0) is 16.0. The first-order valence-electron chi connectivity index (χ1n) is 6.64. The van der Waals surface area contributed by atoms with E-state index in [-0.39, 0.29) is 11.8 Å². The van der Waals surface area contributed by atoms with Crippen molar-refractivity contribution in [3.63, 3.8) is 0 Å². The van der Waals surface area contributed by atoms with Gasteiger partial charge in [0.15, 0.2) is 6.61 Å². The highest BCUT2D eigenvalue weighted by molar-refractivity contribution is 5.98. The van der Waals surface area contributed by atoms with E-state index in [0.717, 1.165) is 5.56 Å². The SMILES string of the molecule is Cc1ccccc1C(=O)N[C@H](C(=O)OCC(N)=O)C(C)C. The van der Waals surface area contributed by atoms with Crippen LogP contribution in [0.25, 0.3) is 0 Å². The molecule has 0 spiro atoms. The van der Waals surface area contributed by atoms with Crippen molar-refractivity contribution in [2.24, 2.45) is 11.7 Å². The first kappa shape index (κ1) is 16.7. The third kappa shape index (κ3) is 4.91. The fourth-order valence-corrected chi connectivity index (χ4v) is 1.78. The molecule has 1 aromatic carbocycles. The zero-order valence-corrected chi connectivity index (χ0v) is 12.4. The molecule has 0 bridgehead atoms. The fraction of sp³-hybridized carbons (Fsp3) is 0.400. The van der Waals surface area contributed by atoms with Gasteiger partial charge in [0.1, 0.15) is 6.04 Å². The average molecular weight is 292 g/mol. The van der Waals surface area contributed by atoms with Gasteiger partial charge in [-0.05, 0) is 24.5 Å². The lowest BCUT2D eigenvalue weighted by Gasteiger charge is -2.21. The summed E-state index contributed by atoms with van der Waals surface area (Å²) in [5, 5.41) is 2.63. The molecule has 0 aromatic heterocycles. The Bertz CT molecular complexity index is 540. The lowest BCUT2D eigenvalue weighted by molar-refractivity contribution is -0.150. The molecular formula is C15H20N2O4. The van der Waals surface area contributed by atoms with Gasteiger partial charge in [-0.3, -0.25) is 9.59 Å². The zero-order valence-electron chi connectivity index (χ0n) is 12.4. The normalized spacial score (nSPS) is 11.8. The molecule has 1 aromatic rings. The van der Waals surface area contributed by atoms with Crippen LogP contribution >= 0.6 is 0 Å². The van der Waals surface area contributed by atoms with Gasteiger partial charge in [-0.25, -0.2) is 4.79 Å². The smallest absolute Gasteiger partial charge is 0.329 e. The molecule has 3 N–H and O–H groups in total. The van der Waals surface area contributed by atoms with Crippen LogP contribution < -0.4 is 11.1 Å². The van der Waals surface area contributed by atoms with E-state index in [9.17, 15) is 14.4 Å². The lowest BCUT2D eigenvalue weighted by atomic mass is 10.0. The van der Waals surface area contributed by atoms with E-state index < -0.39 is 24.5 Å². The number of rotatable bonds is 6. The van der Waals surface area contributed by atoms with Crippen LogP contribution in [0.3, 0.4) is 0 Å². The minimum absolute atomic E-state index is 0.182. The first-order chi connectivity index (χ1) is 9.82. The molecule has 0 radical (unpaired) electrons. The molecule has 0 saturated carbocycles. The maximum Gasteiger partial charge on any atom is 0.329 e. The summed E-state index contributed by atoms with van der Waals surface area (Å²) in [6.07, 6.45) is 0. The average Bonchev–Trinajstić information content (AvgIpc) is 2.42. The summed E-state index contributed by atoms with van der Waals surface area (Å²) < 4.78 is 4.77. The molecule has 6 nitrogen and oxygen atoms in total. The molecule has 2 amide bonds. The van der Waals surface area contributed by atoms with Gasteiger partial charge in [-0.2, -0.15) is 0 Å². The van der Waals surface area contributed by atoms with Crippen molar-refractivity contribution in [1.29, 1.82) is 0 Å². The van der Waals surface area contributed by atoms with Crippen molar-refractivity contribution in [3.05, 3.63) is 35.4 Å². The number of amides is 2. The predicted molar refractivity (Wildman–Crippen MR) is 77.4 cm³/mol. The summed E-state index contributed by atoms with van der Waals surface area (Å²) in [5.41, 5.74) is 6.23. The Morgan fingerprint density at radius 3 is 2.38 bits per heavy atom. The standard InChI is InChI=1S/C15H20N2O4/c1-9(2)13(15(20)21-8-12(16)18)17-14(19)11-7-5-4-6-10(11)3/h4-7,9,13H,8H2,1-3H3,(H2,16,18)(H,17,19)/t13-/m0/s1. The van der Waals surface area contributed by atoms with Gasteiger partial charge in [0.2, 0.25) is 0 Å². The fourth-order valence-electron chi connectivity index (χ4n) is 1.78. The third-order valence-electron chi connectivity index (χ3n) is 2.95. The molecule has 0 aliphatic heterocycles. The first-order valence-corrected chi connectivity index (χ1v) is 6.64. The van der Waals surface area contributed by atoms with Gasteiger partial charge in [0, 0.05) is 5.56 Å². The Hall–Kier alpha value is -2.37. The molecule has 21 heavy (non-hydrogen) atoms. The van der Waals surface area contributed by atoms with E-state index in [1.807, 2.05) is 19.1 Å². The van der Waals surface area contributed by atoms with Gasteiger partial charge < -0.3 is 15.8 Å². The summed E-state index contributed by atoms with van der Waals surface area (Å²) in [6, 6.07) is 6.23. The molecule has 6 heteroatoms. The van der Waals surface area contributed by atoms with Gasteiger partial charge in [0.25, 0.3) is 11.8 Å². The number of ether oxygens (including phenoxy) is 1. The van der Waals surface area contributed by atoms with Gasteiger partial charge in [-0.1, -0.05) is 32.0 Å². The van der Waals surface area contributed by atoms with E-state index in [4.69, 9.17) is 10.5 Å². The number of nitrogens with one attached hydrogen (secondary N) is 1. The minimum atomic E-state index is -0.837. The third-order valence-corrected chi connectivity index (χ3v) is 2.95. The highest BCUT2D eigenvalue weighted by Gasteiger charge is 2.26. The largest absolute Gasteiger partial charge is 0.454 e. The van der Waals surface area contributed by atoms with Crippen molar-refractivity contribution in [2.75, 3.05) is 6.61 Å². The molecule has 0 aliphatic rings. The summed E-state index contributed by atoms with van der Waals surface area (Å²) in [7, 11) is 0. The van der Waals surface area contributed by atoms with Crippen molar-refractivity contribution in [3.8, 4) is 0 Å². The number of aryl methyl sites for hydroxylation is 1. The quantitative estimate of drug-likeness (QED) is 0.757. The van der Waals surface area contributed by atoms with Crippen LogP contribution in [-0.4, -0.2) is 30.4 Å². The van der Waals surface area contributed by atoms with Crippen LogP contribution in [0, 0.1) is 12.8 Å². The Morgan fingerprint density at radius 1 is 1.24 bits per heavy atom. The molecule has 1 atom stereocenters. The van der Waals surface area contributed by atoms with Crippen LogP contribution in [0.15, 0.2) is 24.3 Å². The molecule has 0 heterocycles. The molecule has 0 aliphatic carbocycles. The van der Waals surface area contributed by atoms with E-state index in [1.54, 1.807) is 26.0 Å². The maximum atomic E-state index is 12.2. The van der Waals surface area contributed by atoms with E-state index in [0.29, 0.717) is 5.56 Å². The second-order valence-corrected chi connectivity index (χ2v) is 5.08. The Kier molecular flexibility index (Phi) is 5.90. The summed E-state index contributed by atoms with van der Waals surface area (Å²) in [5.74, 6) is -1.96. The molecule has 0 saturated heterocycles. The van der Waals surface area contributed by atoms with Gasteiger partial charge in [0.05, 0.1) is 0 Å². The molecular weight excluding hydrogens is 272 g/mol. The number of carbonyl (C=O) groups excluding carboxylic acids is 3. The van der Waals surface area contributed by atoms with Crippen LogP contribution in [0.5, 0.6) is 0 Å². The summed E-state index contributed by atoms with van der Waals surface area (Å²) in [6.45, 7) is 4.86. The summed E-state index contributed by atoms with van der Waals surface area (Å²) >= 11 is 0. The van der Waals surface area contributed by atoms with Crippen LogP contribution in [0.4, 0.5) is 0 Å². The Morgan fingerprint density at radius 2 is 1.86 bits per heavy atom. The number of carbonyl (C=O) groups is 3. The lowest BCUT2D eigenvalue weighted by Crippen LogP contribution is -2.46. The van der Waals surface area contributed by atoms with Crippen LogP contribution in [-0.2, 0) is 14.3 Å². The Balaban J connectivity index is 2.79. The monoisotopic (exact) mass is 292 g/mol. The highest BCUT2D eigenvalue weighted by Crippen LogP contribution is 2.10. The molecule has 114 valence electrons. The van der Waals surface area contributed by atoms with Gasteiger partial charge >= 0.3 is 5.97 Å². The van der Waals surface area contributed by atoms with E-state index in [1.165, 1.54) is 0 Å². The predicted octanol–water partition coefficient (Wildman–Crippen LogP) is 0.778. The topological polar surface area (TPSA) is 98.5 Å². The van der Waals surface area contributed by atoms with E-state index in [2.05, 4.69) is 5.32 Å². The van der Waals surface area contributed by atoms with Crippen LogP contribution in [0.1, 0.15) is 29.8 Å². The molecule has 0 unspecified atom stereocenters. The number of benzene rings is 1. The number of esters is 1.